The number of hydrogen-bond donors (Lipinski definition) is 1. The number of hydrogen-bond acceptors (Lipinski definition) is 5. The van der Waals surface area contributed by atoms with Gasteiger partial charge in [-0.05, 0) is 31.2 Å². The van der Waals surface area contributed by atoms with E-state index >= 15 is 0 Å². The summed E-state index contributed by atoms with van der Waals surface area (Å²) in [6, 6.07) is 0.471. The van der Waals surface area contributed by atoms with Gasteiger partial charge >= 0.3 is 0 Å². The van der Waals surface area contributed by atoms with Gasteiger partial charge in [-0.2, -0.15) is 4.98 Å². The summed E-state index contributed by atoms with van der Waals surface area (Å²) in [4.78, 5) is 4.49. The van der Waals surface area contributed by atoms with E-state index in [1.54, 1.807) is 7.11 Å². The highest BCUT2D eigenvalue weighted by Gasteiger charge is 2.32. The molecule has 1 aliphatic rings. The zero-order valence-corrected chi connectivity index (χ0v) is 12.3. The van der Waals surface area contributed by atoms with Crippen molar-refractivity contribution in [3.63, 3.8) is 0 Å². The van der Waals surface area contributed by atoms with Crippen LogP contribution in [-0.2, 0) is 11.2 Å². The average molecular weight is 267 g/mol. The fourth-order valence-corrected chi connectivity index (χ4v) is 2.50. The van der Waals surface area contributed by atoms with Crippen molar-refractivity contribution in [3.05, 3.63) is 11.7 Å². The summed E-state index contributed by atoms with van der Waals surface area (Å²) in [5, 5.41) is 7.57. The first-order valence-electron chi connectivity index (χ1n) is 7.24. The van der Waals surface area contributed by atoms with E-state index in [1.165, 1.54) is 12.8 Å². The van der Waals surface area contributed by atoms with Gasteiger partial charge in [0.15, 0.2) is 0 Å². The second-order valence-corrected chi connectivity index (χ2v) is 5.65. The van der Waals surface area contributed by atoms with Crippen molar-refractivity contribution in [2.75, 3.05) is 13.7 Å². The van der Waals surface area contributed by atoms with E-state index < -0.39 is 0 Å². The summed E-state index contributed by atoms with van der Waals surface area (Å²) < 4.78 is 10.8. The van der Waals surface area contributed by atoms with Crippen LogP contribution in [0, 0.1) is 11.8 Å². The van der Waals surface area contributed by atoms with Gasteiger partial charge in [0.1, 0.15) is 6.10 Å². The Hall–Kier alpha value is -0.940. The van der Waals surface area contributed by atoms with E-state index in [1.807, 2.05) is 0 Å². The molecule has 1 heterocycles. The van der Waals surface area contributed by atoms with Crippen molar-refractivity contribution in [2.45, 2.75) is 52.2 Å². The van der Waals surface area contributed by atoms with Crippen molar-refractivity contribution in [3.8, 4) is 0 Å². The maximum Gasteiger partial charge on any atom is 0.228 e. The molecule has 1 aromatic rings. The van der Waals surface area contributed by atoms with Crippen molar-refractivity contribution in [1.82, 2.24) is 15.5 Å². The Bertz CT molecular complexity index is 388. The van der Waals surface area contributed by atoms with Crippen LogP contribution in [0.1, 0.15) is 51.4 Å². The van der Waals surface area contributed by atoms with Gasteiger partial charge in [-0.25, -0.2) is 0 Å². The molecule has 0 bridgehead atoms. The first kappa shape index (κ1) is 14.5. The molecule has 1 N–H and O–H groups in total. The molecule has 5 heteroatoms. The summed E-state index contributed by atoms with van der Waals surface area (Å²) in [6.45, 7) is 7.30. The molecule has 2 atom stereocenters. The van der Waals surface area contributed by atoms with E-state index in [-0.39, 0.29) is 6.10 Å². The standard InChI is InChI=1S/C14H25N3O2/c1-5-15-11(10-6-7-10)8-12-16-14(17-19-12)13(18-4)9(2)3/h9-11,13,15H,5-8H2,1-4H3. The van der Waals surface area contributed by atoms with Gasteiger partial charge in [0, 0.05) is 19.6 Å². The van der Waals surface area contributed by atoms with Gasteiger partial charge in [0.25, 0.3) is 0 Å². The molecule has 1 aliphatic carbocycles. The number of ether oxygens (including phenoxy) is 1. The first-order chi connectivity index (χ1) is 9.15. The third kappa shape index (κ3) is 3.76. The molecule has 0 amide bonds. The Morgan fingerprint density at radius 3 is 2.68 bits per heavy atom. The summed E-state index contributed by atoms with van der Waals surface area (Å²) in [5.74, 6) is 2.50. The minimum Gasteiger partial charge on any atom is -0.373 e. The molecule has 0 spiro atoms. The van der Waals surface area contributed by atoms with Gasteiger partial charge in [0.2, 0.25) is 11.7 Å². The predicted molar refractivity (Wildman–Crippen MR) is 72.8 cm³/mol. The van der Waals surface area contributed by atoms with Crippen LogP contribution >= 0.6 is 0 Å². The molecular weight excluding hydrogens is 242 g/mol. The maximum atomic E-state index is 5.42. The monoisotopic (exact) mass is 267 g/mol. The highest BCUT2D eigenvalue weighted by molar-refractivity contribution is 4.97. The fourth-order valence-electron chi connectivity index (χ4n) is 2.50. The SMILES string of the molecule is CCNC(Cc1nc(C(OC)C(C)C)no1)C1CC1. The van der Waals surface area contributed by atoms with Crippen LogP contribution in [0.5, 0.6) is 0 Å². The van der Waals surface area contributed by atoms with E-state index in [9.17, 15) is 0 Å². The van der Waals surface area contributed by atoms with Gasteiger partial charge in [-0.1, -0.05) is 25.9 Å². The van der Waals surface area contributed by atoms with Crippen LogP contribution in [0.25, 0.3) is 0 Å². The highest BCUT2D eigenvalue weighted by atomic mass is 16.5. The third-order valence-electron chi connectivity index (χ3n) is 3.65. The largest absolute Gasteiger partial charge is 0.373 e. The molecule has 19 heavy (non-hydrogen) atoms. The fraction of sp³-hybridized carbons (Fsp3) is 0.857. The number of nitrogens with one attached hydrogen (secondary N) is 1. The summed E-state index contributed by atoms with van der Waals surface area (Å²) >= 11 is 0. The lowest BCUT2D eigenvalue weighted by atomic mass is 10.1. The molecule has 0 saturated heterocycles. The topological polar surface area (TPSA) is 60.2 Å². The van der Waals surface area contributed by atoms with Crippen LogP contribution in [0.2, 0.25) is 0 Å². The third-order valence-corrected chi connectivity index (χ3v) is 3.65. The summed E-state index contributed by atoms with van der Waals surface area (Å²) in [5.41, 5.74) is 0. The number of methoxy groups -OCH3 is 1. The van der Waals surface area contributed by atoms with Crippen LogP contribution in [0.3, 0.4) is 0 Å². The number of likely N-dealkylation sites (N-methyl/N-ethyl adjacent to an activating group) is 1. The van der Waals surface area contributed by atoms with Crippen LogP contribution in [0.15, 0.2) is 4.52 Å². The molecule has 1 fully saturated rings. The minimum absolute atomic E-state index is 0.0870. The molecule has 0 aliphatic heterocycles. The number of nitrogens with zero attached hydrogens (tertiary/aromatic N) is 2. The average Bonchev–Trinajstić information content (AvgIpc) is 3.12. The van der Waals surface area contributed by atoms with Crippen molar-refractivity contribution < 1.29 is 9.26 Å². The molecule has 108 valence electrons. The second-order valence-electron chi connectivity index (χ2n) is 5.65. The summed E-state index contributed by atoms with van der Waals surface area (Å²) in [6.07, 6.45) is 3.35. The maximum absolute atomic E-state index is 5.42. The Labute approximate surface area is 115 Å². The van der Waals surface area contributed by atoms with Gasteiger partial charge in [0.05, 0.1) is 0 Å². The van der Waals surface area contributed by atoms with Crippen LogP contribution < -0.4 is 5.32 Å². The van der Waals surface area contributed by atoms with Crippen molar-refractivity contribution in [1.29, 1.82) is 0 Å². The van der Waals surface area contributed by atoms with Crippen LogP contribution in [-0.4, -0.2) is 29.8 Å². The zero-order valence-electron chi connectivity index (χ0n) is 12.3. The molecular formula is C14H25N3O2. The molecule has 0 radical (unpaired) electrons. The molecule has 2 unspecified atom stereocenters. The summed E-state index contributed by atoms with van der Waals surface area (Å²) in [7, 11) is 1.69. The van der Waals surface area contributed by atoms with Crippen LogP contribution in [0.4, 0.5) is 0 Å². The Balaban J connectivity index is 1.99. The first-order valence-corrected chi connectivity index (χ1v) is 7.24. The quantitative estimate of drug-likeness (QED) is 0.783. The number of rotatable bonds is 8. The molecule has 1 aromatic heterocycles. The van der Waals surface area contributed by atoms with E-state index in [0.717, 1.165) is 24.8 Å². The lowest BCUT2D eigenvalue weighted by molar-refractivity contribution is 0.0555. The number of aromatic nitrogens is 2. The minimum atomic E-state index is -0.0870. The Kier molecular flexibility index (Phi) is 4.93. The Morgan fingerprint density at radius 2 is 2.16 bits per heavy atom. The molecule has 0 aromatic carbocycles. The molecule has 2 rings (SSSR count). The van der Waals surface area contributed by atoms with Gasteiger partial charge in [-0.3, -0.25) is 0 Å². The van der Waals surface area contributed by atoms with Crippen molar-refractivity contribution in [2.24, 2.45) is 11.8 Å². The van der Waals surface area contributed by atoms with Gasteiger partial charge in [-0.15, -0.1) is 0 Å². The normalized spacial score (nSPS) is 18.8. The molecule has 5 nitrogen and oxygen atoms in total. The van der Waals surface area contributed by atoms with E-state index in [4.69, 9.17) is 9.26 Å². The lowest BCUT2D eigenvalue weighted by Crippen LogP contribution is -2.33. The lowest BCUT2D eigenvalue weighted by Gasteiger charge is -2.15. The highest BCUT2D eigenvalue weighted by Crippen LogP contribution is 2.34. The zero-order chi connectivity index (χ0) is 13.8. The second kappa shape index (κ2) is 6.48. The predicted octanol–water partition coefficient (Wildman–Crippen LogP) is 2.34. The smallest absolute Gasteiger partial charge is 0.228 e. The van der Waals surface area contributed by atoms with Crippen molar-refractivity contribution >= 4 is 0 Å². The van der Waals surface area contributed by atoms with E-state index in [2.05, 4.69) is 36.2 Å². The Morgan fingerprint density at radius 1 is 1.42 bits per heavy atom. The van der Waals surface area contributed by atoms with E-state index in [0.29, 0.717) is 17.8 Å². The van der Waals surface area contributed by atoms with Gasteiger partial charge < -0.3 is 14.6 Å². The molecule has 1 saturated carbocycles.